The summed E-state index contributed by atoms with van der Waals surface area (Å²) in [5.74, 6) is 0.234. The molecule has 1 amide bonds. The van der Waals surface area contributed by atoms with Crippen LogP contribution in [0.5, 0.6) is 5.75 Å². The smallest absolute Gasteiger partial charge is 0.414 e. The number of rotatable bonds is 2. The number of ether oxygens (including phenoxy) is 1. The summed E-state index contributed by atoms with van der Waals surface area (Å²) in [5, 5.41) is 9.62. The van der Waals surface area contributed by atoms with E-state index >= 15 is 0 Å². The van der Waals surface area contributed by atoms with Gasteiger partial charge in [-0.05, 0) is 48.6 Å². The van der Waals surface area contributed by atoms with Crippen LogP contribution in [0.3, 0.4) is 0 Å². The van der Waals surface area contributed by atoms with E-state index in [1.54, 1.807) is 23.1 Å². The van der Waals surface area contributed by atoms with Crippen LogP contribution in [-0.2, 0) is 17.8 Å². The number of anilines is 1. The Morgan fingerprint density at radius 3 is 2.77 bits per heavy atom. The lowest BCUT2D eigenvalue weighted by Gasteiger charge is -2.22. The molecule has 4 heteroatoms. The van der Waals surface area contributed by atoms with E-state index in [-0.39, 0.29) is 18.4 Å². The molecule has 1 N–H and O–H groups in total. The average molecular weight is 297 g/mol. The molecule has 0 aromatic heterocycles. The Morgan fingerprint density at radius 2 is 1.95 bits per heavy atom. The van der Waals surface area contributed by atoms with Crippen molar-refractivity contribution in [2.45, 2.75) is 25.9 Å². The summed E-state index contributed by atoms with van der Waals surface area (Å²) in [4.78, 5) is 14.1. The van der Waals surface area contributed by atoms with Crippen LogP contribution in [0.25, 0.3) is 0 Å². The van der Waals surface area contributed by atoms with Gasteiger partial charge in [-0.3, -0.25) is 4.90 Å². The molecular weight excluding hydrogens is 278 g/mol. The van der Waals surface area contributed by atoms with Gasteiger partial charge in [-0.1, -0.05) is 30.3 Å². The van der Waals surface area contributed by atoms with Gasteiger partial charge < -0.3 is 9.84 Å². The molecule has 0 atom stereocenters. The quantitative estimate of drug-likeness (QED) is 0.915. The van der Waals surface area contributed by atoms with Crippen molar-refractivity contribution in [2.24, 2.45) is 0 Å². The first-order chi connectivity index (χ1) is 10.7. The Labute approximate surface area is 130 Å². The number of phenols is 1. The van der Waals surface area contributed by atoms with Crippen LogP contribution in [0.15, 0.2) is 48.5 Å². The SMILES string of the molecule is O=C(OCc1ccccc1)N1CCCCc2cc(O)ccc21. The number of hydrogen-bond donors (Lipinski definition) is 1. The summed E-state index contributed by atoms with van der Waals surface area (Å²) in [7, 11) is 0. The number of carbonyl (C=O) groups is 1. The largest absolute Gasteiger partial charge is 0.508 e. The normalized spacial score (nSPS) is 14.1. The molecule has 1 aliphatic rings. The Kier molecular flexibility index (Phi) is 4.28. The third kappa shape index (κ3) is 3.22. The summed E-state index contributed by atoms with van der Waals surface area (Å²) in [6.45, 7) is 0.912. The lowest BCUT2D eigenvalue weighted by atomic mass is 10.1. The molecule has 2 aromatic rings. The van der Waals surface area contributed by atoms with Crippen molar-refractivity contribution in [1.82, 2.24) is 0 Å². The highest BCUT2D eigenvalue weighted by atomic mass is 16.6. The maximum atomic E-state index is 12.4. The van der Waals surface area contributed by atoms with Crippen LogP contribution in [0.4, 0.5) is 10.5 Å². The van der Waals surface area contributed by atoms with E-state index in [2.05, 4.69) is 0 Å². The fraction of sp³-hybridized carbons (Fsp3) is 0.278. The summed E-state index contributed by atoms with van der Waals surface area (Å²) in [6, 6.07) is 14.8. The van der Waals surface area contributed by atoms with Gasteiger partial charge in [-0.25, -0.2) is 4.79 Å². The minimum absolute atomic E-state index is 0.234. The number of phenolic OH excluding ortho intramolecular Hbond substituents is 1. The molecule has 0 saturated heterocycles. The van der Waals surface area contributed by atoms with Gasteiger partial charge in [-0.2, -0.15) is 0 Å². The van der Waals surface area contributed by atoms with Gasteiger partial charge in [0.25, 0.3) is 0 Å². The maximum absolute atomic E-state index is 12.4. The van der Waals surface area contributed by atoms with E-state index in [1.807, 2.05) is 30.3 Å². The second-order valence-corrected chi connectivity index (χ2v) is 5.46. The maximum Gasteiger partial charge on any atom is 0.414 e. The predicted octanol–water partition coefficient (Wildman–Crippen LogP) is 3.87. The molecule has 0 aliphatic carbocycles. The number of amides is 1. The number of hydrogen-bond acceptors (Lipinski definition) is 3. The lowest BCUT2D eigenvalue weighted by molar-refractivity contribution is 0.147. The Balaban J connectivity index is 1.75. The van der Waals surface area contributed by atoms with E-state index in [4.69, 9.17) is 4.74 Å². The van der Waals surface area contributed by atoms with Crippen LogP contribution in [0.2, 0.25) is 0 Å². The van der Waals surface area contributed by atoms with Gasteiger partial charge in [-0.15, -0.1) is 0 Å². The molecule has 0 spiro atoms. The minimum atomic E-state index is -0.335. The fourth-order valence-corrected chi connectivity index (χ4v) is 2.73. The zero-order valence-corrected chi connectivity index (χ0v) is 12.4. The van der Waals surface area contributed by atoms with E-state index in [1.165, 1.54) is 0 Å². The first kappa shape index (κ1) is 14.4. The zero-order chi connectivity index (χ0) is 15.4. The molecule has 4 nitrogen and oxygen atoms in total. The van der Waals surface area contributed by atoms with Crippen molar-refractivity contribution < 1.29 is 14.6 Å². The van der Waals surface area contributed by atoms with Crippen LogP contribution in [0, 0.1) is 0 Å². The van der Waals surface area contributed by atoms with Crippen LogP contribution < -0.4 is 4.90 Å². The Bertz CT molecular complexity index is 655. The minimum Gasteiger partial charge on any atom is -0.508 e. The van der Waals surface area contributed by atoms with Crippen LogP contribution in [0.1, 0.15) is 24.0 Å². The van der Waals surface area contributed by atoms with Gasteiger partial charge in [0.05, 0.1) is 5.69 Å². The first-order valence-electron chi connectivity index (χ1n) is 7.54. The monoisotopic (exact) mass is 297 g/mol. The molecule has 1 aliphatic heterocycles. The predicted molar refractivity (Wildman–Crippen MR) is 85.0 cm³/mol. The second-order valence-electron chi connectivity index (χ2n) is 5.46. The van der Waals surface area contributed by atoms with Crippen molar-refractivity contribution in [3.05, 3.63) is 59.7 Å². The first-order valence-corrected chi connectivity index (χ1v) is 7.54. The molecule has 1 heterocycles. The van der Waals surface area contributed by atoms with Crippen molar-refractivity contribution in [3.8, 4) is 5.75 Å². The summed E-state index contributed by atoms with van der Waals surface area (Å²) >= 11 is 0. The summed E-state index contributed by atoms with van der Waals surface area (Å²) in [5.41, 5.74) is 2.80. The topological polar surface area (TPSA) is 49.8 Å². The number of aromatic hydroxyl groups is 1. The van der Waals surface area contributed by atoms with Gasteiger partial charge in [0.15, 0.2) is 0 Å². The Hall–Kier alpha value is -2.49. The molecule has 3 rings (SSSR count). The molecule has 22 heavy (non-hydrogen) atoms. The van der Waals surface area contributed by atoms with E-state index in [0.717, 1.165) is 36.1 Å². The number of benzene rings is 2. The molecule has 0 fully saturated rings. The molecule has 2 aromatic carbocycles. The van der Waals surface area contributed by atoms with Gasteiger partial charge in [0, 0.05) is 6.54 Å². The third-order valence-corrected chi connectivity index (χ3v) is 3.86. The molecule has 114 valence electrons. The van der Waals surface area contributed by atoms with Gasteiger partial charge in [0.1, 0.15) is 12.4 Å². The number of aryl methyl sites for hydroxylation is 1. The highest BCUT2D eigenvalue weighted by Crippen LogP contribution is 2.30. The third-order valence-electron chi connectivity index (χ3n) is 3.86. The average Bonchev–Trinajstić information content (AvgIpc) is 2.75. The van der Waals surface area contributed by atoms with E-state index < -0.39 is 0 Å². The fourth-order valence-electron chi connectivity index (χ4n) is 2.73. The number of nitrogens with zero attached hydrogens (tertiary/aromatic N) is 1. The summed E-state index contributed by atoms with van der Waals surface area (Å²) < 4.78 is 5.43. The van der Waals surface area contributed by atoms with E-state index in [9.17, 15) is 9.90 Å². The van der Waals surface area contributed by atoms with Crippen LogP contribution >= 0.6 is 0 Å². The molecule has 0 unspecified atom stereocenters. The van der Waals surface area contributed by atoms with Gasteiger partial charge in [0.2, 0.25) is 0 Å². The van der Waals surface area contributed by atoms with Crippen molar-refractivity contribution in [3.63, 3.8) is 0 Å². The van der Waals surface area contributed by atoms with Crippen molar-refractivity contribution >= 4 is 11.8 Å². The molecule has 0 bridgehead atoms. The standard InChI is InChI=1S/C18H19NO3/c20-16-9-10-17-15(12-16)8-4-5-11-19(17)18(21)22-13-14-6-2-1-3-7-14/h1-3,6-7,9-10,12,20H,4-5,8,11,13H2. The Morgan fingerprint density at radius 1 is 1.14 bits per heavy atom. The molecular formula is C18H19NO3. The van der Waals surface area contributed by atoms with Crippen molar-refractivity contribution in [2.75, 3.05) is 11.4 Å². The highest BCUT2D eigenvalue weighted by Gasteiger charge is 2.22. The number of carbonyl (C=O) groups excluding carboxylic acids is 1. The highest BCUT2D eigenvalue weighted by molar-refractivity contribution is 5.89. The van der Waals surface area contributed by atoms with Gasteiger partial charge >= 0.3 is 6.09 Å². The second kappa shape index (κ2) is 6.52. The number of fused-ring (bicyclic) bond motifs is 1. The molecule has 0 saturated carbocycles. The van der Waals surface area contributed by atoms with Crippen LogP contribution in [-0.4, -0.2) is 17.7 Å². The molecule has 0 radical (unpaired) electrons. The lowest BCUT2D eigenvalue weighted by Crippen LogP contribution is -2.32. The van der Waals surface area contributed by atoms with E-state index in [0.29, 0.717) is 6.54 Å². The summed E-state index contributed by atoms with van der Waals surface area (Å²) in [6.07, 6.45) is 2.46. The van der Waals surface area contributed by atoms with Crippen molar-refractivity contribution in [1.29, 1.82) is 0 Å². The zero-order valence-electron chi connectivity index (χ0n) is 12.4.